The number of rotatable bonds is 5. The second kappa shape index (κ2) is 6.22. The summed E-state index contributed by atoms with van der Waals surface area (Å²) in [6.07, 6.45) is 2.55. The molecule has 3 unspecified atom stereocenters. The third kappa shape index (κ3) is 3.28. The van der Waals surface area contributed by atoms with Gasteiger partial charge in [0.1, 0.15) is 11.6 Å². The van der Waals surface area contributed by atoms with Crippen LogP contribution in [0, 0.1) is 17.7 Å². The van der Waals surface area contributed by atoms with Gasteiger partial charge in [0.2, 0.25) is 0 Å². The second-order valence-corrected chi connectivity index (χ2v) is 5.47. The average molecular weight is 281 g/mol. The summed E-state index contributed by atoms with van der Waals surface area (Å²) >= 11 is 0. The van der Waals surface area contributed by atoms with Gasteiger partial charge in [-0.05, 0) is 50.4 Å². The summed E-state index contributed by atoms with van der Waals surface area (Å²) in [6, 6.07) is 3.62. The highest BCUT2D eigenvalue weighted by Crippen LogP contribution is 2.32. The first-order valence-corrected chi connectivity index (χ1v) is 6.93. The normalized spacial score (nSPS) is 23.7. The highest BCUT2D eigenvalue weighted by molar-refractivity contribution is 5.70. The number of hydrogen-bond donors (Lipinski definition) is 3. The van der Waals surface area contributed by atoms with Gasteiger partial charge >= 0.3 is 5.97 Å². The van der Waals surface area contributed by atoms with Gasteiger partial charge in [-0.3, -0.25) is 4.79 Å². The summed E-state index contributed by atoms with van der Waals surface area (Å²) in [5.74, 6) is -1.28. The number of aromatic hydroxyl groups is 1. The molecular formula is C15H20FNO3. The molecule has 0 aromatic heterocycles. The molecule has 0 bridgehead atoms. The quantitative estimate of drug-likeness (QED) is 0.776. The van der Waals surface area contributed by atoms with E-state index in [4.69, 9.17) is 5.11 Å². The Morgan fingerprint density at radius 1 is 1.50 bits per heavy atom. The molecule has 1 aliphatic carbocycles. The Balaban J connectivity index is 1.96. The Morgan fingerprint density at radius 2 is 2.25 bits per heavy atom. The standard InChI is InChI=1S/C15H20FNO3/c1-9(13-7-11(16)5-6-14(13)18)17-8-10-3-2-4-12(10)15(19)20/h5-7,9-10,12,17-18H,2-4,8H2,1H3,(H,19,20). The first kappa shape index (κ1) is 14.8. The molecule has 0 aliphatic heterocycles. The Kier molecular flexibility index (Phi) is 4.60. The predicted octanol–water partition coefficient (Wildman–Crippen LogP) is 2.68. The maximum atomic E-state index is 13.2. The van der Waals surface area contributed by atoms with Crippen LogP contribution < -0.4 is 5.32 Å². The highest BCUT2D eigenvalue weighted by Gasteiger charge is 2.32. The topological polar surface area (TPSA) is 69.6 Å². The third-order valence-electron chi connectivity index (χ3n) is 4.12. The Morgan fingerprint density at radius 3 is 2.95 bits per heavy atom. The number of carbonyl (C=O) groups is 1. The van der Waals surface area contributed by atoms with Crippen LogP contribution in [-0.2, 0) is 4.79 Å². The molecule has 20 heavy (non-hydrogen) atoms. The molecule has 0 radical (unpaired) electrons. The van der Waals surface area contributed by atoms with Crippen molar-refractivity contribution in [3.8, 4) is 5.75 Å². The Bertz CT molecular complexity index is 492. The molecule has 0 saturated heterocycles. The van der Waals surface area contributed by atoms with E-state index in [0.717, 1.165) is 19.3 Å². The van der Waals surface area contributed by atoms with Gasteiger partial charge < -0.3 is 15.5 Å². The molecule has 1 aliphatic rings. The average Bonchev–Trinajstić information content (AvgIpc) is 2.87. The minimum atomic E-state index is -0.740. The van der Waals surface area contributed by atoms with Crippen LogP contribution in [0.25, 0.3) is 0 Å². The summed E-state index contributed by atoms with van der Waals surface area (Å²) < 4.78 is 13.2. The first-order chi connectivity index (χ1) is 9.49. The zero-order valence-electron chi connectivity index (χ0n) is 11.5. The van der Waals surface area contributed by atoms with Crippen LogP contribution in [0.3, 0.4) is 0 Å². The number of phenolic OH excluding ortho intramolecular Hbond substituents is 1. The monoisotopic (exact) mass is 281 g/mol. The van der Waals surface area contributed by atoms with Crippen molar-refractivity contribution in [3.63, 3.8) is 0 Å². The van der Waals surface area contributed by atoms with Crippen LogP contribution >= 0.6 is 0 Å². The molecule has 0 spiro atoms. The van der Waals surface area contributed by atoms with Crippen LogP contribution in [0.5, 0.6) is 5.75 Å². The van der Waals surface area contributed by atoms with Crippen LogP contribution in [0.15, 0.2) is 18.2 Å². The summed E-state index contributed by atoms with van der Waals surface area (Å²) in [4.78, 5) is 11.1. The SMILES string of the molecule is CC(NCC1CCCC1C(=O)O)c1cc(F)ccc1O. The van der Waals surface area contributed by atoms with E-state index in [1.54, 1.807) is 0 Å². The minimum absolute atomic E-state index is 0.0487. The lowest BCUT2D eigenvalue weighted by Crippen LogP contribution is -2.30. The zero-order chi connectivity index (χ0) is 14.7. The smallest absolute Gasteiger partial charge is 0.306 e. The molecule has 3 atom stereocenters. The van der Waals surface area contributed by atoms with E-state index in [-0.39, 0.29) is 23.6 Å². The first-order valence-electron chi connectivity index (χ1n) is 6.93. The third-order valence-corrected chi connectivity index (χ3v) is 4.12. The van der Waals surface area contributed by atoms with Crippen molar-refractivity contribution >= 4 is 5.97 Å². The van der Waals surface area contributed by atoms with Gasteiger partial charge in [-0.15, -0.1) is 0 Å². The van der Waals surface area contributed by atoms with Crippen molar-refractivity contribution in [2.75, 3.05) is 6.54 Å². The molecule has 1 fully saturated rings. The summed E-state index contributed by atoms with van der Waals surface area (Å²) in [5, 5.41) is 22.1. The van der Waals surface area contributed by atoms with Crippen molar-refractivity contribution in [2.24, 2.45) is 11.8 Å². The Hall–Kier alpha value is -1.62. The van der Waals surface area contributed by atoms with E-state index in [9.17, 15) is 14.3 Å². The predicted molar refractivity (Wildman–Crippen MR) is 72.9 cm³/mol. The molecule has 0 heterocycles. The highest BCUT2D eigenvalue weighted by atomic mass is 19.1. The number of phenols is 1. The molecule has 2 rings (SSSR count). The number of carboxylic acids is 1. The molecule has 1 saturated carbocycles. The van der Waals surface area contributed by atoms with E-state index in [2.05, 4.69) is 5.32 Å². The van der Waals surface area contributed by atoms with Crippen molar-refractivity contribution < 1.29 is 19.4 Å². The van der Waals surface area contributed by atoms with Crippen molar-refractivity contribution in [1.29, 1.82) is 0 Å². The maximum Gasteiger partial charge on any atom is 0.306 e. The molecule has 110 valence electrons. The molecule has 1 aromatic carbocycles. The zero-order valence-corrected chi connectivity index (χ0v) is 11.5. The van der Waals surface area contributed by atoms with Crippen molar-refractivity contribution in [1.82, 2.24) is 5.32 Å². The number of benzene rings is 1. The van der Waals surface area contributed by atoms with E-state index in [1.807, 2.05) is 6.92 Å². The lowest BCUT2D eigenvalue weighted by molar-refractivity contribution is -0.142. The molecule has 3 N–H and O–H groups in total. The molecule has 0 amide bonds. The van der Waals surface area contributed by atoms with Gasteiger partial charge in [0.05, 0.1) is 5.92 Å². The van der Waals surface area contributed by atoms with E-state index >= 15 is 0 Å². The number of aliphatic carboxylic acids is 1. The molecule has 5 heteroatoms. The fourth-order valence-corrected chi connectivity index (χ4v) is 2.92. The van der Waals surface area contributed by atoms with E-state index in [1.165, 1.54) is 18.2 Å². The van der Waals surface area contributed by atoms with Gasteiger partial charge in [0.15, 0.2) is 0 Å². The fraction of sp³-hybridized carbons (Fsp3) is 0.533. The number of halogens is 1. The molecule has 4 nitrogen and oxygen atoms in total. The minimum Gasteiger partial charge on any atom is -0.508 e. The fourth-order valence-electron chi connectivity index (χ4n) is 2.92. The van der Waals surface area contributed by atoms with Crippen LogP contribution in [0.4, 0.5) is 4.39 Å². The summed E-state index contributed by atoms with van der Waals surface area (Å²) in [5.41, 5.74) is 0.495. The largest absolute Gasteiger partial charge is 0.508 e. The summed E-state index contributed by atoms with van der Waals surface area (Å²) in [7, 11) is 0. The summed E-state index contributed by atoms with van der Waals surface area (Å²) in [6.45, 7) is 2.40. The van der Waals surface area contributed by atoms with Gasteiger partial charge in [-0.2, -0.15) is 0 Å². The van der Waals surface area contributed by atoms with Gasteiger partial charge in [-0.25, -0.2) is 4.39 Å². The van der Waals surface area contributed by atoms with Crippen molar-refractivity contribution in [3.05, 3.63) is 29.6 Å². The van der Waals surface area contributed by atoms with E-state index in [0.29, 0.717) is 12.1 Å². The van der Waals surface area contributed by atoms with Gasteiger partial charge in [-0.1, -0.05) is 6.42 Å². The lowest BCUT2D eigenvalue weighted by atomic mass is 9.95. The number of hydrogen-bond acceptors (Lipinski definition) is 3. The van der Waals surface area contributed by atoms with E-state index < -0.39 is 11.8 Å². The lowest BCUT2D eigenvalue weighted by Gasteiger charge is -2.21. The van der Waals surface area contributed by atoms with Crippen molar-refractivity contribution in [2.45, 2.75) is 32.2 Å². The molecular weight excluding hydrogens is 261 g/mol. The second-order valence-electron chi connectivity index (χ2n) is 5.47. The van der Waals surface area contributed by atoms with Gasteiger partial charge in [0, 0.05) is 11.6 Å². The maximum absolute atomic E-state index is 13.2. The number of nitrogens with one attached hydrogen (secondary N) is 1. The molecule has 1 aromatic rings. The number of carboxylic acid groups (broad SMARTS) is 1. The van der Waals surface area contributed by atoms with Crippen LogP contribution in [-0.4, -0.2) is 22.7 Å². The Labute approximate surface area is 117 Å². The van der Waals surface area contributed by atoms with Crippen LogP contribution in [0.1, 0.15) is 37.8 Å². The van der Waals surface area contributed by atoms with Gasteiger partial charge in [0.25, 0.3) is 0 Å². The van der Waals surface area contributed by atoms with Crippen LogP contribution in [0.2, 0.25) is 0 Å².